The maximum absolute atomic E-state index is 10.0. The standard InChI is InChI=1S/C17H26ClNO3/c1-14-3-2-8-19(11-14)12-16(20)13-21-9-10-22-17-6-4-15(18)5-7-17/h4-7,14,16,20H,2-3,8-13H2,1H3/t14-,16+/m0/s1. The van der Waals surface area contributed by atoms with Crippen LogP contribution in [0.1, 0.15) is 19.8 Å². The summed E-state index contributed by atoms with van der Waals surface area (Å²) in [4.78, 5) is 2.33. The van der Waals surface area contributed by atoms with E-state index >= 15 is 0 Å². The summed E-state index contributed by atoms with van der Waals surface area (Å²) in [5.74, 6) is 1.51. The molecule has 4 nitrogen and oxygen atoms in total. The number of aliphatic hydroxyl groups excluding tert-OH is 1. The smallest absolute Gasteiger partial charge is 0.119 e. The predicted octanol–water partition coefficient (Wildman–Crippen LogP) is 2.83. The molecule has 1 N–H and O–H groups in total. The minimum atomic E-state index is -0.430. The normalized spacial score (nSPS) is 20.8. The van der Waals surface area contributed by atoms with E-state index in [9.17, 15) is 5.11 Å². The largest absolute Gasteiger partial charge is 0.491 e. The monoisotopic (exact) mass is 327 g/mol. The number of ether oxygens (including phenoxy) is 2. The van der Waals surface area contributed by atoms with Crippen molar-refractivity contribution in [1.82, 2.24) is 4.90 Å². The Labute approximate surface area is 138 Å². The number of piperidine rings is 1. The lowest BCUT2D eigenvalue weighted by atomic mass is 10.0. The summed E-state index contributed by atoms with van der Waals surface area (Å²) < 4.78 is 11.0. The van der Waals surface area contributed by atoms with E-state index in [4.69, 9.17) is 21.1 Å². The molecule has 124 valence electrons. The van der Waals surface area contributed by atoms with Crippen LogP contribution in [0.5, 0.6) is 5.75 Å². The average Bonchev–Trinajstić information content (AvgIpc) is 2.49. The highest BCUT2D eigenvalue weighted by atomic mass is 35.5. The third-order valence-corrected chi connectivity index (χ3v) is 4.08. The molecule has 0 aromatic heterocycles. The van der Waals surface area contributed by atoms with Gasteiger partial charge in [0.25, 0.3) is 0 Å². The zero-order chi connectivity index (χ0) is 15.8. The van der Waals surface area contributed by atoms with Crippen LogP contribution in [0.15, 0.2) is 24.3 Å². The first-order valence-electron chi connectivity index (χ1n) is 8.00. The maximum Gasteiger partial charge on any atom is 0.119 e. The highest BCUT2D eigenvalue weighted by molar-refractivity contribution is 6.30. The Morgan fingerprint density at radius 3 is 2.82 bits per heavy atom. The molecule has 1 aliphatic heterocycles. The maximum atomic E-state index is 10.0. The summed E-state index contributed by atoms with van der Waals surface area (Å²) in [7, 11) is 0. The quantitative estimate of drug-likeness (QED) is 0.746. The molecular formula is C17H26ClNO3. The van der Waals surface area contributed by atoms with Crippen molar-refractivity contribution in [2.24, 2.45) is 5.92 Å². The Bertz CT molecular complexity index is 426. The fourth-order valence-electron chi connectivity index (χ4n) is 2.77. The van der Waals surface area contributed by atoms with E-state index in [-0.39, 0.29) is 0 Å². The minimum Gasteiger partial charge on any atom is -0.491 e. The molecule has 0 aliphatic carbocycles. The zero-order valence-corrected chi connectivity index (χ0v) is 14.0. The van der Waals surface area contributed by atoms with E-state index in [1.165, 1.54) is 12.8 Å². The van der Waals surface area contributed by atoms with Crippen LogP contribution in [0.3, 0.4) is 0 Å². The van der Waals surface area contributed by atoms with Gasteiger partial charge in [-0.15, -0.1) is 0 Å². The SMILES string of the molecule is C[C@H]1CCCN(C[C@@H](O)COCCOc2ccc(Cl)cc2)C1. The Morgan fingerprint density at radius 2 is 2.09 bits per heavy atom. The van der Waals surface area contributed by atoms with E-state index in [0.29, 0.717) is 31.4 Å². The van der Waals surface area contributed by atoms with E-state index in [2.05, 4.69) is 11.8 Å². The van der Waals surface area contributed by atoms with Crippen LogP contribution in [0.2, 0.25) is 5.02 Å². The first kappa shape index (κ1) is 17.5. The molecule has 1 heterocycles. The molecule has 0 unspecified atom stereocenters. The molecule has 2 atom stereocenters. The Balaban J connectivity index is 1.53. The fourth-order valence-corrected chi connectivity index (χ4v) is 2.90. The van der Waals surface area contributed by atoms with Crippen molar-refractivity contribution in [2.45, 2.75) is 25.9 Å². The lowest BCUT2D eigenvalue weighted by Gasteiger charge is -2.32. The van der Waals surface area contributed by atoms with E-state index < -0.39 is 6.10 Å². The third-order valence-electron chi connectivity index (χ3n) is 3.83. The molecule has 1 fully saturated rings. The number of benzene rings is 1. The molecule has 0 amide bonds. The Morgan fingerprint density at radius 1 is 1.32 bits per heavy atom. The molecule has 5 heteroatoms. The van der Waals surface area contributed by atoms with Crippen molar-refractivity contribution in [3.05, 3.63) is 29.3 Å². The number of hydrogen-bond donors (Lipinski definition) is 1. The van der Waals surface area contributed by atoms with Crippen LogP contribution in [0.25, 0.3) is 0 Å². The Kier molecular flexibility index (Phi) is 7.46. The molecule has 1 saturated heterocycles. The molecular weight excluding hydrogens is 302 g/mol. The highest BCUT2D eigenvalue weighted by Gasteiger charge is 2.18. The lowest BCUT2D eigenvalue weighted by Crippen LogP contribution is -2.40. The number of aliphatic hydroxyl groups is 1. The fraction of sp³-hybridized carbons (Fsp3) is 0.647. The molecule has 2 rings (SSSR count). The lowest BCUT2D eigenvalue weighted by molar-refractivity contribution is 0.00223. The van der Waals surface area contributed by atoms with Gasteiger partial charge in [-0.1, -0.05) is 18.5 Å². The minimum absolute atomic E-state index is 0.356. The first-order valence-corrected chi connectivity index (χ1v) is 8.38. The predicted molar refractivity (Wildman–Crippen MR) is 88.6 cm³/mol. The van der Waals surface area contributed by atoms with Crippen LogP contribution >= 0.6 is 11.6 Å². The van der Waals surface area contributed by atoms with E-state index in [1.54, 1.807) is 12.1 Å². The Hall–Kier alpha value is -0.810. The van der Waals surface area contributed by atoms with E-state index in [1.807, 2.05) is 12.1 Å². The van der Waals surface area contributed by atoms with Crippen LogP contribution in [0, 0.1) is 5.92 Å². The van der Waals surface area contributed by atoms with Gasteiger partial charge in [-0.2, -0.15) is 0 Å². The topological polar surface area (TPSA) is 41.9 Å². The second-order valence-corrected chi connectivity index (χ2v) is 6.47. The van der Waals surface area contributed by atoms with Crippen molar-refractivity contribution < 1.29 is 14.6 Å². The number of hydrogen-bond acceptors (Lipinski definition) is 4. The van der Waals surface area contributed by atoms with Crippen molar-refractivity contribution in [3.63, 3.8) is 0 Å². The number of halogens is 1. The van der Waals surface area contributed by atoms with Crippen molar-refractivity contribution in [3.8, 4) is 5.75 Å². The van der Waals surface area contributed by atoms with Gasteiger partial charge in [-0.25, -0.2) is 0 Å². The van der Waals surface area contributed by atoms with Gasteiger partial charge in [0.1, 0.15) is 12.4 Å². The highest BCUT2D eigenvalue weighted by Crippen LogP contribution is 2.16. The third kappa shape index (κ3) is 6.53. The first-order chi connectivity index (χ1) is 10.6. The van der Waals surface area contributed by atoms with E-state index in [0.717, 1.165) is 24.8 Å². The van der Waals surface area contributed by atoms with Crippen LogP contribution in [0.4, 0.5) is 0 Å². The summed E-state index contributed by atoms with van der Waals surface area (Å²) in [5, 5.41) is 10.7. The second-order valence-electron chi connectivity index (χ2n) is 6.04. The van der Waals surface area contributed by atoms with Crippen LogP contribution in [-0.2, 0) is 4.74 Å². The average molecular weight is 328 g/mol. The van der Waals surface area contributed by atoms with Gasteiger partial charge in [0.15, 0.2) is 0 Å². The zero-order valence-electron chi connectivity index (χ0n) is 13.2. The van der Waals surface area contributed by atoms with Crippen molar-refractivity contribution in [1.29, 1.82) is 0 Å². The van der Waals surface area contributed by atoms with Crippen molar-refractivity contribution >= 4 is 11.6 Å². The van der Waals surface area contributed by atoms with Gasteiger partial charge in [0.2, 0.25) is 0 Å². The van der Waals surface area contributed by atoms with Gasteiger partial charge in [-0.05, 0) is 49.6 Å². The van der Waals surface area contributed by atoms with Gasteiger partial charge < -0.3 is 19.5 Å². The summed E-state index contributed by atoms with van der Waals surface area (Å²) in [6.07, 6.45) is 2.09. The van der Waals surface area contributed by atoms with Gasteiger partial charge in [0, 0.05) is 18.1 Å². The molecule has 0 radical (unpaired) electrons. The van der Waals surface area contributed by atoms with Crippen LogP contribution < -0.4 is 4.74 Å². The number of nitrogens with zero attached hydrogens (tertiary/aromatic N) is 1. The van der Waals surface area contributed by atoms with Gasteiger partial charge in [0.05, 0.1) is 19.3 Å². The van der Waals surface area contributed by atoms with Gasteiger partial charge >= 0.3 is 0 Å². The molecule has 0 saturated carbocycles. The summed E-state index contributed by atoms with van der Waals surface area (Å²) in [5.41, 5.74) is 0. The molecule has 1 aliphatic rings. The second kappa shape index (κ2) is 9.36. The number of rotatable bonds is 8. The number of β-amino-alcohol motifs (C(OH)–C–C–N with tert-alkyl or cyclic N) is 1. The molecule has 0 spiro atoms. The van der Waals surface area contributed by atoms with Crippen LogP contribution in [-0.4, -0.2) is 55.6 Å². The summed E-state index contributed by atoms with van der Waals surface area (Å²) >= 11 is 5.81. The van der Waals surface area contributed by atoms with Gasteiger partial charge in [-0.3, -0.25) is 0 Å². The number of likely N-dealkylation sites (tertiary alicyclic amines) is 1. The van der Waals surface area contributed by atoms with Crippen molar-refractivity contribution in [2.75, 3.05) is 39.5 Å². The summed E-state index contributed by atoms with van der Waals surface area (Å²) in [6.45, 7) is 6.42. The molecule has 22 heavy (non-hydrogen) atoms. The molecule has 1 aromatic carbocycles. The summed E-state index contributed by atoms with van der Waals surface area (Å²) in [6, 6.07) is 7.24. The molecule has 1 aromatic rings. The molecule has 0 bridgehead atoms.